The van der Waals surface area contributed by atoms with Crippen molar-refractivity contribution in [3.05, 3.63) is 65.6 Å². The van der Waals surface area contributed by atoms with Crippen molar-refractivity contribution in [2.24, 2.45) is 0 Å². The predicted molar refractivity (Wildman–Crippen MR) is 113 cm³/mol. The molecule has 2 aromatic carbocycles. The van der Waals surface area contributed by atoms with E-state index in [-0.39, 0.29) is 12.1 Å². The van der Waals surface area contributed by atoms with Crippen LogP contribution in [-0.2, 0) is 6.54 Å². The van der Waals surface area contributed by atoms with E-state index in [1.54, 1.807) is 0 Å². The highest BCUT2D eigenvalue weighted by Crippen LogP contribution is 2.20. The van der Waals surface area contributed by atoms with Crippen LogP contribution in [0.1, 0.15) is 29.9 Å². The Morgan fingerprint density at radius 1 is 1.17 bits per heavy atom. The highest BCUT2D eigenvalue weighted by atomic mass is 16.5. The topological polar surface area (TPSA) is 67.3 Å². The molecule has 0 aliphatic carbocycles. The largest absolute Gasteiger partial charge is 0.472 e. The zero-order chi connectivity index (χ0) is 20.2. The monoisotopic (exact) mass is 390 g/mol. The van der Waals surface area contributed by atoms with E-state index in [1.165, 1.54) is 10.8 Å². The van der Waals surface area contributed by atoms with Crippen LogP contribution in [0.2, 0.25) is 0 Å². The van der Waals surface area contributed by atoms with Gasteiger partial charge in [-0.05, 0) is 43.0 Å². The standard InChI is InChI=1S/C23H26N4O2/c1-16-13-22(26-17(2)25-16)29-20-10-6-12-27(15-20)23(28)24-14-19-9-5-8-18-7-3-4-11-21(18)19/h3-5,7-9,11,13,20H,6,10,12,14-15H2,1-2H3,(H,24,28). The molecule has 1 unspecified atom stereocenters. The molecule has 6 nitrogen and oxygen atoms in total. The van der Waals surface area contributed by atoms with E-state index in [1.807, 2.05) is 43.0 Å². The fourth-order valence-corrected chi connectivity index (χ4v) is 3.86. The number of nitrogens with one attached hydrogen (secondary N) is 1. The number of aryl methyl sites for hydroxylation is 2. The van der Waals surface area contributed by atoms with E-state index in [2.05, 4.69) is 39.6 Å². The van der Waals surface area contributed by atoms with Crippen LogP contribution in [0.3, 0.4) is 0 Å². The van der Waals surface area contributed by atoms with Crippen LogP contribution in [0.25, 0.3) is 10.8 Å². The fourth-order valence-electron chi connectivity index (χ4n) is 3.86. The Hall–Kier alpha value is -3.15. The number of amides is 2. The summed E-state index contributed by atoms with van der Waals surface area (Å²) < 4.78 is 6.05. The van der Waals surface area contributed by atoms with Crippen molar-refractivity contribution in [2.45, 2.75) is 39.3 Å². The number of piperidine rings is 1. The smallest absolute Gasteiger partial charge is 0.317 e. The number of likely N-dealkylation sites (tertiary alicyclic amines) is 1. The molecule has 0 bridgehead atoms. The van der Waals surface area contributed by atoms with E-state index < -0.39 is 0 Å². The molecule has 1 fully saturated rings. The van der Waals surface area contributed by atoms with Gasteiger partial charge in [0.05, 0.1) is 6.54 Å². The summed E-state index contributed by atoms with van der Waals surface area (Å²) in [6.07, 6.45) is 1.77. The molecule has 1 saturated heterocycles. The third-order valence-corrected chi connectivity index (χ3v) is 5.21. The maximum Gasteiger partial charge on any atom is 0.317 e. The second kappa shape index (κ2) is 8.47. The number of hydrogen-bond donors (Lipinski definition) is 1. The molecule has 1 aliphatic heterocycles. The lowest BCUT2D eigenvalue weighted by atomic mass is 10.0. The van der Waals surface area contributed by atoms with Crippen LogP contribution < -0.4 is 10.1 Å². The Morgan fingerprint density at radius 3 is 2.86 bits per heavy atom. The molecule has 1 N–H and O–H groups in total. The number of hydrogen-bond acceptors (Lipinski definition) is 4. The summed E-state index contributed by atoms with van der Waals surface area (Å²) in [7, 11) is 0. The van der Waals surface area contributed by atoms with E-state index in [9.17, 15) is 4.79 Å². The van der Waals surface area contributed by atoms with Gasteiger partial charge < -0.3 is 15.0 Å². The van der Waals surface area contributed by atoms with Crippen molar-refractivity contribution < 1.29 is 9.53 Å². The number of carbonyl (C=O) groups is 1. The maximum atomic E-state index is 12.7. The van der Waals surface area contributed by atoms with Crippen molar-refractivity contribution in [3.8, 4) is 5.88 Å². The lowest BCUT2D eigenvalue weighted by molar-refractivity contribution is 0.0974. The van der Waals surface area contributed by atoms with Crippen LogP contribution in [-0.4, -0.2) is 40.1 Å². The van der Waals surface area contributed by atoms with E-state index in [0.717, 1.165) is 30.6 Å². The zero-order valence-electron chi connectivity index (χ0n) is 16.9. The summed E-state index contributed by atoms with van der Waals surface area (Å²) in [5.74, 6) is 1.28. The quantitative estimate of drug-likeness (QED) is 0.731. The van der Waals surface area contributed by atoms with Gasteiger partial charge in [0, 0.05) is 24.8 Å². The SMILES string of the molecule is Cc1cc(OC2CCCN(C(=O)NCc3cccc4ccccc34)C2)nc(C)n1. The number of rotatable bonds is 4. The maximum absolute atomic E-state index is 12.7. The number of fused-ring (bicyclic) bond motifs is 1. The first kappa shape index (κ1) is 19.2. The summed E-state index contributed by atoms with van der Waals surface area (Å²) in [5.41, 5.74) is 2.00. The summed E-state index contributed by atoms with van der Waals surface area (Å²) in [6, 6.07) is 16.2. The molecule has 1 atom stereocenters. The second-order valence-electron chi connectivity index (χ2n) is 7.52. The van der Waals surface area contributed by atoms with Gasteiger partial charge in [-0.3, -0.25) is 0 Å². The third kappa shape index (κ3) is 4.65. The predicted octanol–water partition coefficient (Wildman–Crippen LogP) is 4.00. The molecule has 0 spiro atoms. The number of carbonyl (C=O) groups excluding carboxylic acids is 1. The van der Waals surface area contributed by atoms with Gasteiger partial charge in [0.15, 0.2) is 0 Å². The summed E-state index contributed by atoms with van der Waals surface area (Å²) in [4.78, 5) is 23.2. The zero-order valence-corrected chi connectivity index (χ0v) is 16.9. The molecule has 2 heterocycles. The normalized spacial score (nSPS) is 16.6. The van der Waals surface area contributed by atoms with Gasteiger partial charge >= 0.3 is 6.03 Å². The Labute approximate surface area is 170 Å². The lowest BCUT2D eigenvalue weighted by Gasteiger charge is -2.32. The van der Waals surface area contributed by atoms with Gasteiger partial charge in [-0.15, -0.1) is 0 Å². The minimum absolute atomic E-state index is 0.0544. The molecule has 0 saturated carbocycles. The number of aromatic nitrogens is 2. The summed E-state index contributed by atoms with van der Waals surface area (Å²) in [5, 5.41) is 5.42. The van der Waals surface area contributed by atoms with E-state index in [0.29, 0.717) is 24.8 Å². The molecule has 4 rings (SSSR count). The Morgan fingerprint density at radius 2 is 2.00 bits per heavy atom. The van der Waals surface area contributed by atoms with Crippen molar-refractivity contribution >= 4 is 16.8 Å². The Kier molecular flexibility index (Phi) is 5.60. The molecule has 0 radical (unpaired) electrons. The first-order chi connectivity index (χ1) is 14.1. The minimum Gasteiger partial charge on any atom is -0.472 e. The van der Waals surface area contributed by atoms with E-state index >= 15 is 0 Å². The van der Waals surface area contributed by atoms with Crippen LogP contribution >= 0.6 is 0 Å². The molecule has 6 heteroatoms. The van der Waals surface area contributed by atoms with Gasteiger partial charge in [-0.2, -0.15) is 4.98 Å². The van der Waals surface area contributed by atoms with Crippen molar-refractivity contribution in [2.75, 3.05) is 13.1 Å². The van der Waals surface area contributed by atoms with Gasteiger partial charge in [0.2, 0.25) is 5.88 Å². The van der Waals surface area contributed by atoms with Crippen LogP contribution in [0, 0.1) is 13.8 Å². The molecule has 150 valence electrons. The molecule has 1 aliphatic rings. The summed E-state index contributed by atoms with van der Waals surface area (Å²) in [6.45, 7) is 5.59. The number of urea groups is 1. The van der Waals surface area contributed by atoms with Gasteiger partial charge in [-0.1, -0.05) is 42.5 Å². The van der Waals surface area contributed by atoms with Crippen molar-refractivity contribution in [1.29, 1.82) is 0 Å². The highest BCUT2D eigenvalue weighted by Gasteiger charge is 2.25. The van der Waals surface area contributed by atoms with E-state index in [4.69, 9.17) is 4.74 Å². The van der Waals surface area contributed by atoms with Crippen LogP contribution in [0.15, 0.2) is 48.5 Å². The second-order valence-corrected chi connectivity index (χ2v) is 7.52. The Bertz CT molecular complexity index is 995. The highest BCUT2D eigenvalue weighted by molar-refractivity contribution is 5.86. The van der Waals surface area contributed by atoms with Crippen LogP contribution in [0.4, 0.5) is 4.79 Å². The molecule has 1 aromatic heterocycles. The molecular formula is C23H26N4O2. The molecular weight excluding hydrogens is 364 g/mol. The average Bonchev–Trinajstić information content (AvgIpc) is 2.71. The Balaban J connectivity index is 1.37. The molecule has 3 aromatic rings. The average molecular weight is 390 g/mol. The number of nitrogens with zero attached hydrogens (tertiary/aromatic N) is 3. The number of ether oxygens (including phenoxy) is 1. The first-order valence-corrected chi connectivity index (χ1v) is 10.1. The van der Waals surface area contributed by atoms with Crippen molar-refractivity contribution in [1.82, 2.24) is 20.2 Å². The fraction of sp³-hybridized carbons (Fsp3) is 0.348. The van der Waals surface area contributed by atoms with Gasteiger partial charge in [0.25, 0.3) is 0 Å². The lowest BCUT2D eigenvalue weighted by Crippen LogP contribution is -2.48. The van der Waals surface area contributed by atoms with Gasteiger partial charge in [0.1, 0.15) is 11.9 Å². The first-order valence-electron chi connectivity index (χ1n) is 10.1. The van der Waals surface area contributed by atoms with Crippen LogP contribution in [0.5, 0.6) is 5.88 Å². The molecule has 2 amide bonds. The molecule has 29 heavy (non-hydrogen) atoms. The third-order valence-electron chi connectivity index (χ3n) is 5.21. The van der Waals surface area contributed by atoms with Gasteiger partial charge in [-0.25, -0.2) is 9.78 Å². The number of benzene rings is 2. The van der Waals surface area contributed by atoms with Crippen molar-refractivity contribution in [3.63, 3.8) is 0 Å². The summed E-state index contributed by atoms with van der Waals surface area (Å²) >= 11 is 0. The minimum atomic E-state index is -0.0549.